The molecule has 4 rings (SSSR count). The minimum absolute atomic E-state index is 0.168. The Hall–Kier alpha value is -3.91. The van der Waals surface area contributed by atoms with Crippen LogP contribution in [-0.4, -0.2) is 33.6 Å². The molecule has 6 nitrogen and oxygen atoms in total. The summed E-state index contributed by atoms with van der Waals surface area (Å²) in [6.45, 7) is 2.49. The fourth-order valence-corrected chi connectivity index (χ4v) is 4.37. The quantitative estimate of drug-likeness (QED) is 0.441. The van der Waals surface area contributed by atoms with Crippen molar-refractivity contribution in [2.45, 2.75) is 13.5 Å². The van der Waals surface area contributed by atoms with E-state index in [0.717, 1.165) is 5.56 Å². The minimum atomic E-state index is -1.01. The molecule has 1 amide bonds. The zero-order valence-corrected chi connectivity index (χ0v) is 19.1. The van der Waals surface area contributed by atoms with E-state index in [2.05, 4.69) is 4.99 Å². The summed E-state index contributed by atoms with van der Waals surface area (Å²) in [6.07, 6.45) is 1.76. The molecule has 8 heteroatoms. The molecule has 1 aliphatic rings. The highest BCUT2D eigenvalue weighted by Gasteiger charge is 2.32. The third-order valence-corrected chi connectivity index (χ3v) is 6.04. The molecular formula is C26H21FN2O4S. The van der Waals surface area contributed by atoms with Crippen molar-refractivity contribution in [1.82, 2.24) is 4.90 Å². The number of carbonyl (C=O) groups is 2. The van der Waals surface area contributed by atoms with Gasteiger partial charge in [0.05, 0.1) is 16.2 Å². The highest BCUT2D eigenvalue weighted by molar-refractivity contribution is 8.18. The van der Waals surface area contributed by atoms with Crippen LogP contribution in [-0.2, 0) is 11.4 Å². The summed E-state index contributed by atoms with van der Waals surface area (Å²) in [7, 11) is 0. The number of rotatable bonds is 7. The summed E-state index contributed by atoms with van der Waals surface area (Å²) in [4.78, 5) is 30.7. The number of para-hydroxylation sites is 1. The van der Waals surface area contributed by atoms with Crippen molar-refractivity contribution in [3.63, 3.8) is 0 Å². The van der Waals surface area contributed by atoms with Gasteiger partial charge in [0, 0.05) is 12.1 Å². The predicted molar refractivity (Wildman–Crippen MR) is 131 cm³/mol. The lowest BCUT2D eigenvalue weighted by molar-refractivity contribution is -0.122. The zero-order chi connectivity index (χ0) is 24.1. The molecule has 0 bridgehead atoms. The highest BCUT2D eigenvalue weighted by atomic mass is 32.2. The van der Waals surface area contributed by atoms with Crippen LogP contribution in [0, 0.1) is 5.82 Å². The van der Waals surface area contributed by atoms with Gasteiger partial charge in [-0.15, -0.1) is 0 Å². The number of amides is 1. The van der Waals surface area contributed by atoms with Crippen molar-refractivity contribution in [3.8, 4) is 5.75 Å². The van der Waals surface area contributed by atoms with E-state index in [1.807, 2.05) is 25.1 Å². The fraction of sp³-hybridized carbons (Fsp3) is 0.115. The summed E-state index contributed by atoms with van der Waals surface area (Å²) in [6, 6.07) is 19.7. The summed E-state index contributed by atoms with van der Waals surface area (Å²) in [5, 5.41) is 9.57. The van der Waals surface area contributed by atoms with Crippen molar-refractivity contribution in [2.24, 2.45) is 4.99 Å². The van der Waals surface area contributed by atoms with E-state index >= 15 is 0 Å². The Balaban J connectivity index is 1.57. The third kappa shape index (κ3) is 5.35. The Morgan fingerprint density at radius 3 is 2.59 bits per heavy atom. The molecule has 0 unspecified atom stereocenters. The molecule has 1 fully saturated rings. The number of hydrogen-bond acceptors (Lipinski definition) is 5. The number of amidine groups is 1. The molecule has 172 valence electrons. The molecule has 3 aromatic rings. The first kappa shape index (κ1) is 23.3. The Labute approximate surface area is 200 Å². The van der Waals surface area contributed by atoms with Gasteiger partial charge in [0.25, 0.3) is 5.91 Å². The van der Waals surface area contributed by atoms with Gasteiger partial charge in [0.2, 0.25) is 0 Å². The van der Waals surface area contributed by atoms with Gasteiger partial charge in [-0.25, -0.2) is 14.2 Å². The number of likely N-dealkylation sites (N-methyl/N-ethyl adjacent to an activating group) is 1. The van der Waals surface area contributed by atoms with Crippen molar-refractivity contribution in [1.29, 1.82) is 0 Å². The van der Waals surface area contributed by atoms with E-state index in [1.165, 1.54) is 36.0 Å². The zero-order valence-electron chi connectivity index (χ0n) is 18.3. The maximum atomic E-state index is 13.5. The van der Waals surface area contributed by atoms with Gasteiger partial charge in [-0.05, 0) is 72.8 Å². The fourth-order valence-electron chi connectivity index (χ4n) is 3.32. The van der Waals surface area contributed by atoms with Gasteiger partial charge in [-0.2, -0.15) is 0 Å². The maximum absolute atomic E-state index is 13.5. The van der Waals surface area contributed by atoms with Gasteiger partial charge in [-0.1, -0.05) is 30.3 Å². The van der Waals surface area contributed by atoms with Crippen molar-refractivity contribution in [3.05, 3.63) is 100 Å². The van der Waals surface area contributed by atoms with E-state index in [4.69, 9.17) is 9.84 Å². The van der Waals surface area contributed by atoms with Crippen LogP contribution in [0.15, 0.2) is 82.7 Å². The van der Waals surface area contributed by atoms with E-state index in [0.29, 0.717) is 33.6 Å². The molecule has 1 N–H and O–H groups in total. The number of carboxylic acid groups (broad SMARTS) is 1. The predicted octanol–water partition coefficient (Wildman–Crippen LogP) is 5.73. The second-order valence-electron chi connectivity index (χ2n) is 7.36. The van der Waals surface area contributed by atoms with Crippen molar-refractivity contribution < 1.29 is 23.8 Å². The van der Waals surface area contributed by atoms with Gasteiger partial charge in [-0.3, -0.25) is 9.69 Å². The van der Waals surface area contributed by atoms with Crippen LogP contribution in [0.25, 0.3) is 6.08 Å². The molecule has 0 spiro atoms. The largest absolute Gasteiger partial charge is 0.488 e. The average molecular weight is 477 g/mol. The second-order valence-corrected chi connectivity index (χ2v) is 8.37. The Morgan fingerprint density at radius 1 is 1.12 bits per heavy atom. The third-order valence-electron chi connectivity index (χ3n) is 5.03. The molecule has 0 saturated carbocycles. The van der Waals surface area contributed by atoms with Gasteiger partial charge in [0.1, 0.15) is 18.2 Å². The molecule has 0 atom stereocenters. The molecule has 1 aliphatic heterocycles. The Kier molecular flexibility index (Phi) is 7.08. The number of carbonyl (C=O) groups excluding carboxylic acids is 1. The SMILES string of the molecule is CCN1C(=O)C(=Cc2ccccc2OCc2cccc(F)c2)SC1=Nc1ccc(C(=O)O)cc1. The number of aliphatic imine (C=N–C) groups is 1. The average Bonchev–Trinajstić information content (AvgIpc) is 3.12. The summed E-state index contributed by atoms with van der Waals surface area (Å²) < 4.78 is 19.4. The topological polar surface area (TPSA) is 79.2 Å². The lowest BCUT2D eigenvalue weighted by atomic mass is 10.1. The summed E-state index contributed by atoms with van der Waals surface area (Å²) in [5.74, 6) is -0.935. The number of thioether (sulfide) groups is 1. The molecule has 0 aromatic heterocycles. The summed E-state index contributed by atoms with van der Waals surface area (Å²) in [5.41, 5.74) is 2.15. The van der Waals surface area contributed by atoms with Gasteiger partial charge >= 0.3 is 5.97 Å². The lowest BCUT2D eigenvalue weighted by Gasteiger charge is -2.12. The van der Waals surface area contributed by atoms with Crippen LogP contribution in [0.2, 0.25) is 0 Å². The van der Waals surface area contributed by atoms with E-state index in [-0.39, 0.29) is 23.9 Å². The van der Waals surface area contributed by atoms with Crippen LogP contribution >= 0.6 is 11.8 Å². The molecule has 0 aliphatic carbocycles. The molecule has 0 radical (unpaired) electrons. The van der Waals surface area contributed by atoms with Gasteiger partial charge < -0.3 is 9.84 Å². The normalized spacial score (nSPS) is 15.8. The van der Waals surface area contributed by atoms with Crippen molar-refractivity contribution in [2.75, 3.05) is 6.54 Å². The Morgan fingerprint density at radius 2 is 1.88 bits per heavy atom. The number of nitrogens with zero attached hydrogens (tertiary/aromatic N) is 2. The first-order valence-corrected chi connectivity index (χ1v) is 11.4. The van der Waals surface area contributed by atoms with E-state index < -0.39 is 5.97 Å². The first-order valence-electron chi connectivity index (χ1n) is 10.5. The minimum Gasteiger partial charge on any atom is -0.488 e. The second kappa shape index (κ2) is 10.4. The Bertz CT molecular complexity index is 1290. The molecule has 1 saturated heterocycles. The number of hydrogen-bond donors (Lipinski definition) is 1. The monoisotopic (exact) mass is 476 g/mol. The van der Waals surface area contributed by atoms with E-state index in [1.54, 1.807) is 41.3 Å². The van der Waals surface area contributed by atoms with Gasteiger partial charge in [0.15, 0.2) is 5.17 Å². The lowest BCUT2D eigenvalue weighted by Crippen LogP contribution is -2.28. The number of carboxylic acids is 1. The maximum Gasteiger partial charge on any atom is 0.335 e. The van der Waals surface area contributed by atoms with Crippen LogP contribution in [0.4, 0.5) is 10.1 Å². The smallest absolute Gasteiger partial charge is 0.335 e. The first-order chi connectivity index (χ1) is 16.4. The van der Waals surface area contributed by atoms with Crippen LogP contribution in [0.1, 0.15) is 28.4 Å². The number of ether oxygens (including phenoxy) is 1. The van der Waals surface area contributed by atoms with Crippen LogP contribution in [0.3, 0.4) is 0 Å². The van der Waals surface area contributed by atoms with Crippen molar-refractivity contribution >= 4 is 40.6 Å². The van der Waals surface area contributed by atoms with Crippen LogP contribution in [0.5, 0.6) is 5.75 Å². The molecule has 3 aromatic carbocycles. The molecular weight excluding hydrogens is 455 g/mol. The van der Waals surface area contributed by atoms with Crippen LogP contribution < -0.4 is 4.74 Å². The highest BCUT2D eigenvalue weighted by Crippen LogP contribution is 2.35. The molecule has 34 heavy (non-hydrogen) atoms. The molecule has 1 heterocycles. The van der Waals surface area contributed by atoms with E-state index in [9.17, 15) is 14.0 Å². The summed E-state index contributed by atoms with van der Waals surface area (Å²) >= 11 is 1.24. The number of halogens is 1. The number of aromatic carboxylic acids is 1. The number of benzene rings is 3. The standard InChI is InChI=1S/C26H21FN2O4S/c1-2-29-24(30)23(34-26(29)28-21-12-10-18(11-13-21)25(31)32)15-19-7-3-4-9-22(19)33-16-17-6-5-8-20(27)14-17/h3-15H,2,16H2,1H3,(H,31,32).